The predicted octanol–water partition coefficient (Wildman–Crippen LogP) is 4.78. The second kappa shape index (κ2) is 12.1. The molecule has 6 rings (SSSR count). The Morgan fingerprint density at radius 2 is 1.62 bits per heavy atom. The SMILES string of the molecule is CN(Cc1ccccc1)C(=O)c1cc(NC(=O)c2ccc3c(c2)OCO3)ccc1N1CCN(C(=O)C2CCCC2)CC1. The molecule has 1 saturated heterocycles. The van der Waals surface area contributed by atoms with Crippen LogP contribution in [0.5, 0.6) is 11.5 Å². The van der Waals surface area contributed by atoms with E-state index in [4.69, 9.17) is 9.47 Å². The summed E-state index contributed by atoms with van der Waals surface area (Å²) in [4.78, 5) is 45.8. The van der Waals surface area contributed by atoms with Crippen LogP contribution < -0.4 is 19.7 Å². The summed E-state index contributed by atoms with van der Waals surface area (Å²) < 4.78 is 10.8. The molecule has 0 spiro atoms. The number of ether oxygens (including phenoxy) is 2. The number of hydrogen-bond acceptors (Lipinski definition) is 6. The van der Waals surface area contributed by atoms with Gasteiger partial charge in [0.2, 0.25) is 12.7 Å². The summed E-state index contributed by atoms with van der Waals surface area (Å²) >= 11 is 0. The van der Waals surface area contributed by atoms with E-state index < -0.39 is 0 Å². The summed E-state index contributed by atoms with van der Waals surface area (Å²) in [5, 5.41) is 2.94. The van der Waals surface area contributed by atoms with E-state index in [-0.39, 0.29) is 30.4 Å². The van der Waals surface area contributed by atoms with Crippen molar-refractivity contribution in [2.24, 2.45) is 5.92 Å². The first kappa shape index (κ1) is 27.6. The molecule has 0 atom stereocenters. The molecule has 0 radical (unpaired) electrons. The Balaban J connectivity index is 1.22. The largest absolute Gasteiger partial charge is 0.454 e. The van der Waals surface area contributed by atoms with E-state index in [2.05, 4.69) is 10.2 Å². The third kappa shape index (κ3) is 5.91. The molecule has 2 fully saturated rings. The normalized spacial score (nSPS) is 16.4. The fourth-order valence-corrected chi connectivity index (χ4v) is 6.04. The number of amides is 3. The number of fused-ring (bicyclic) bond motifs is 1. The summed E-state index contributed by atoms with van der Waals surface area (Å²) in [6, 6.07) is 20.4. The van der Waals surface area contributed by atoms with Crippen molar-refractivity contribution in [3.63, 3.8) is 0 Å². The fraction of sp³-hybridized carbons (Fsp3) is 0.364. The number of anilines is 2. The highest BCUT2D eigenvalue weighted by Gasteiger charge is 2.31. The van der Waals surface area contributed by atoms with Crippen LogP contribution in [0.4, 0.5) is 11.4 Å². The Bertz CT molecular complexity index is 1460. The van der Waals surface area contributed by atoms with Crippen molar-refractivity contribution in [1.29, 1.82) is 0 Å². The minimum absolute atomic E-state index is 0.132. The summed E-state index contributed by atoms with van der Waals surface area (Å²) in [6.45, 7) is 3.13. The Labute approximate surface area is 246 Å². The molecule has 2 heterocycles. The average Bonchev–Trinajstić information content (AvgIpc) is 3.73. The molecular formula is C33H36N4O5. The Hall–Kier alpha value is -4.53. The molecule has 1 aliphatic carbocycles. The number of carbonyl (C=O) groups excluding carboxylic acids is 3. The first-order chi connectivity index (χ1) is 20.5. The molecular weight excluding hydrogens is 532 g/mol. The summed E-state index contributed by atoms with van der Waals surface area (Å²) in [5.41, 5.74) is 3.29. The van der Waals surface area contributed by atoms with Gasteiger partial charge in [-0.1, -0.05) is 43.2 Å². The number of rotatable bonds is 7. The van der Waals surface area contributed by atoms with Crippen LogP contribution in [0.2, 0.25) is 0 Å². The molecule has 3 aliphatic rings. The first-order valence-corrected chi connectivity index (χ1v) is 14.6. The van der Waals surface area contributed by atoms with E-state index in [1.165, 1.54) is 0 Å². The minimum Gasteiger partial charge on any atom is -0.454 e. The Kier molecular flexibility index (Phi) is 7.99. The summed E-state index contributed by atoms with van der Waals surface area (Å²) in [6.07, 6.45) is 4.25. The number of benzene rings is 3. The maximum atomic E-state index is 13.9. The van der Waals surface area contributed by atoms with Crippen LogP contribution in [-0.2, 0) is 11.3 Å². The summed E-state index contributed by atoms with van der Waals surface area (Å²) in [7, 11) is 1.79. The lowest BCUT2D eigenvalue weighted by Gasteiger charge is -2.38. The molecule has 9 nitrogen and oxygen atoms in total. The van der Waals surface area contributed by atoms with Crippen molar-refractivity contribution in [3.8, 4) is 11.5 Å². The molecule has 1 saturated carbocycles. The second-order valence-electron chi connectivity index (χ2n) is 11.2. The van der Waals surface area contributed by atoms with E-state index in [0.29, 0.717) is 61.0 Å². The average molecular weight is 569 g/mol. The van der Waals surface area contributed by atoms with Crippen molar-refractivity contribution in [2.75, 3.05) is 50.2 Å². The Morgan fingerprint density at radius 1 is 0.881 bits per heavy atom. The van der Waals surface area contributed by atoms with E-state index in [1.54, 1.807) is 36.2 Å². The third-order valence-corrected chi connectivity index (χ3v) is 8.37. The van der Waals surface area contributed by atoms with Gasteiger partial charge in [0.05, 0.1) is 5.56 Å². The molecule has 3 aromatic rings. The fourth-order valence-electron chi connectivity index (χ4n) is 6.04. The first-order valence-electron chi connectivity index (χ1n) is 14.6. The number of piperazine rings is 1. The highest BCUT2D eigenvalue weighted by atomic mass is 16.7. The molecule has 0 bridgehead atoms. The van der Waals surface area contributed by atoms with E-state index in [0.717, 1.165) is 36.9 Å². The zero-order valence-corrected chi connectivity index (χ0v) is 23.9. The van der Waals surface area contributed by atoms with Crippen molar-refractivity contribution in [1.82, 2.24) is 9.80 Å². The van der Waals surface area contributed by atoms with Crippen LogP contribution in [0.25, 0.3) is 0 Å². The van der Waals surface area contributed by atoms with Gasteiger partial charge < -0.3 is 29.5 Å². The zero-order chi connectivity index (χ0) is 29.1. The van der Waals surface area contributed by atoms with Crippen molar-refractivity contribution in [2.45, 2.75) is 32.2 Å². The second-order valence-corrected chi connectivity index (χ2v) is 11.2. The highest BCUT2D eigenvalue weighted by Crippen LogP contribution is 2.33. The molecule has 3 amide bonds. The summed E-state index contributed by atoms with van der Waals surface area (Å²) in [5.74, 6) is 1.12. The minimum atomic E-state index is -0.309. The molecule has 3 aromatic carbocycles. The molecule has 218 valence electrons. The molecule has 42 heavy (non-hydrogen) atoms. The van der Waals surface area contributed by atoms with Crippen molar-refractivity contribution < 1.29 is 23.9 Å². The van der Waals surface area contributed by atoms with Gasteiger partial charge in [0.25, 0.3) is 11.8 Å². The predicted molar refractivity (Wildman–Crippen MR) is 160 cm³/mol. The van der Waals surface area contributed by atoms with E-state index >= 15 is 0 Å². The zero-order valence-electron chi connectivity index (χ0n) is 23.9. The van der Waals surface area contributed by atoms with Gasteiger partial charge in [0.1, 0.15) is 0 Å². The van der Waals surface area contributed by atoms with Gasteiger partial charge in [-0.3, -0.25) is 14.4 Å². The molecule has 0 unspecified atom stereocenters. The smallest absolute Gasteiger partial charge is 0.256 e. The number of nitrogens with one attached hydrogen (secondary N) is 1. The van der Waals surface area contributed by atoms with Crippen LogP contribution in [0, 0.1) is 5.92 Å². The molecule has 2 aliphatic heterocycles. The lowest BCUT2D eigenvalue weighted by molar-refractivity contribution is -0.135. The van der Waals surface area contributed by atoms with E-state index in [1.807, 2.05) is 47.4 Å². The van der Waals surface area contributed by atoms with Crippen molar-refractivity contribution >= 4 is 29.1 Å². The Morgan fingerprint density at radius 3 is 2.38 bits per heavy atom. The van der Waals surface area contributed by atoms with Crippen LogP contribution in [0.15, 0.2) is 66.7 Å². The maximum absolute atomic E-state index is 13.9. The lowest BCUT2D eigenvalue weighted by atomic mass is 10.0. The lowest BCUT2D eigenvalue weighted by Crippen LogP contribution is -2.50. The van der Waals surface area contributed by atoms with Gasteiger partial charge in [0.15, 0.2) is 11.5 Å². The molecule has 9 heteroatoms. The van der Waals surface area contributed by atoms with Gasteiger partial charge in [-0.25, -0.2) is 0 Å². The van der Waals surface area contributed by atoms with Crippen LogP contribution in [0.1, 0.15) is 52.0 Å². The number of hydrogen-bond donors (Lipinski definition) is 1. The van der Waals surface area contributed by atoms with Crippen molar-refractivity contribution in [3.05, 3.63) is 83.4 Å². The quantitative estimate of drug-likeness (QED) is 0.441. The van der Waals surface area contributed by atoms with Gasteiger partial charge >= 0.3 is 0 Å². The number of nitrogens with zero attached hydrogens (tertiary/aromatic N) is 3. The van der Waals surface area contributed by atoms with Gasteiger partial charge in [-0.2, -0.15) is 0 Å². The molecule has 0 aromatic heterocycles. The van der Waals surface area contributed by atoms with Crippen LogP contribution in [-0.4, -0.2) is 67.5 Å². The van der Waals surface area contributed by atoms with Crippen LogP contribution >= 0.6 is 0 Å². The van der Waals surface area contributed by atoms with Gasteiger partial charge in [-0.15, -0.1) is 0 Å². The molecule has 1 N–H and O–H groups in total. The monoisotopic (exact) mass is 568 g/mol. The van der Waals surface area contributed by atoms with Gasteiger partial charge in [-0.05, 0) is 54.8 Å². The third-order valence-electron chi connectivity index (χ3n) is 8.37. The van der Waals surface area contributed by atoms with Crippen LogP contribution in [0.3, 0.4) is 0 Å². The van der Waals surface area contributed by atoms with E-state index in [9.17, 15) is 14.4 Å². The topological polar surface area (TPSA) is 91.4 Å². The van der Waals surface area contributed by atoms with Gasteiger partial charge in [0, 0.05) is 62.6 Å². The maximum Gasteiger partial charge on any atom is 0.256 e. The standard InChI is InChI=1S/C33H36N4O5/c1-35(21-23-7-3-2-4-8-23)33(40)27-20-26(34-31(38)25-11-14-29-30(19-25)42-22-41-29)12-13-28(27)36-15-17-37(18-16-36)32(39)24-9-5-6-10-24/h2-4,7-8,11-14,19-20,24H,5-6,9-10,15-18,21-22H2,1H3,(H,34,38). The highest BCUT2D eigenvalue weighted by molar-refractivity contribution is 6.06. The number of carbonyl (C=O) groups is 3.